The van der Waals surface area contributed by atoms with E-state index in [2.05, 4.69) is 0 Å². The molecule has 0 spiro atoms. The van der Waals surface area contributed by atoms with Crippen LogP contribution in [0.5, 0.6) is 5.75 Å². The summed E-state index contributed by atoms with van der Waals surface area (Å²) in [5.74, 6) is -14.2. The highest BCUT2D eigenvalue weighted by Crippen LogP contribution is 2.54. The molecule has 2 unspecified atom stereocenters. The summed E-state index contributed by atoms with van der Waals surface area (Å²) in [6.07, 6.45) is 1.57. The molecular weight excluding hydrogens is 498 g/mol. The quantitative estimate of drug-likeness (QED) is 0.172. The third-order valence-corrected chi connectivity index (χ3v) is 8.03. The van der Waals surface area contributed by atoms with Crippen molar-refractivity contribution in [3.8, 4) is 5.75 Å². The van der Waals surface area contributed by atoms with Gasteiger partial charge in [0.15, 0.2) is 34.7 Å². The number of unbranched alkanes of at least 4 members (excludes halogenated alkanes) is 1. The van der Waals surface area contributed by atoms with Crippen LogP contribution >= 0.6 is 0 Å². The van der Waals surface area contributed by atoms with Crippen molar-refractivity contribution in [1.82, 2.24) is 0 Å². The Kier molecular flexibility index (Phi) is 7.11. The third kappa shape index (κ3) is 3.97. The number of amides is 1. The molecule has 1 aromatic carbocycles. The van der Waals surface area contributed by atoms with Crippen LogP contribution < -0.4 is 5.73 Å². The second-order valence-electron chi connectivity index (χ2n) is 10.1. The van der Waals surface area contributed by atoms with E-state index in [4.69, 9.17) is 10.5 Å². The van der Waals surface area contributed by atoms with Gasteiger partial charge in [-0.25, -0.2) is 4.79 Å². The molecule has 202 valence electrons. The Balaban J connectivity index is 1.74. The lowest BCUT2D eigenvalue weighted by Crippen LogP contribution is -2.72. The number of aliphatic hydroxyl groups excluding tert-OH is 1. The zero-order valence-electron chi connectivity index (χ0n) is 20.9. The Bertz CT molecular complexity index is 1280. The monoisotopic (exact) mass is 527 g/mol. The first kappa shape index (κ1) is 27.3. The van der Waals surface area contributed by atoms with Gasteiger partial charge in [-0.05, 0) is 24.0 Å². The number of aliphatic hydroxyl groups is 2. The number of hydrogen-bond donors (Lipinski definition) is 4. The van der Waals surface area contributed by atoms with Crippen molar-refractivity contribution in [1.29, 1.82) is 0 Å². The lowest BCUT2D eigenvalue weighted by atomic mass is 9.50. The second kappa shape index (κ2) is 9.88. The maximum atomic E-state index is 13.7. The minimum Gasteiger partial charge on any atom is -0.507 e. The Morgan fingerprint density at radius 3 is 2.50 bits per heavy atom. The van der Waals surface area contributed by atoms with Crippen LogP contribution in [-0.4, -0.2) is 68.6 Å². The number of primary amides is 1. The lowest BCUT2D eigenvalue weighted by Gasteiger charge is -2.52. The Morgan fingerprint density at radius 1 is 1.18 bits per heavy atom. The fourth-order valence-corrected chi connectivity index (χ4v) is 6.03. The van der Waals surface area contributed by atoms with Gasteiger partial charge in [-0.15, -0.1) is 0 Å². The van der Waals surface area contributed by atoms with E-state index in [0.717, 1.165) is 12.5 Å². The molecule has 3 aliphatic carbocycles. The van der Waals surface area contributed by atoms with E-state index in [1.807, 2.05) is 6.92 Å². The van der Waals surface area contributed by atoms with Crippen LogP contribution in [-0.2, 0) is 28.7 Å². The molecule has 3 aliphatic rings. The van der Waals surface area contributed by atoms with Crippen molar-refractivity contribution in [2.75, 3.05) is 6.61 Å². The zero-order chi connectivity index (χ0) is 28.1. The van der Waals surface area contributed by atoms with Crippen LogP contribution in [0.3, 0.4) is 0 Å². The first-order valence-corrected chi connectivity index (χ1v) is 12.4. The Morgan fingerprint density at radius 2 is 1.87 bits per heavy atom. The zero-order valence-corrected chi connectivity index (χ0v) is 20.9. The summed E-state index contributed by atoms with van der Waals surface area (Å²) in [5.41, 5.74) is 2.35. The van der Waals surface area contributed by atoms with Crippen molar-refractivity contribution in [3.05, 3.63) is 34.9 Å². The topological polar surface area (TPSA) is 198 Å². The predicted octanol–water partition coefficient (Wildman–Crippen LogP) is 0.215. The van der Waals surface area contributed by atoms with E-state index >= 15 is 0 Å². The maximum absolute atomic E-state index is 13.7. The summed E-state index contributed by atoms with van der Waals surface area (Å²) in [6.45, 7) is 3.78. The number of rotatable bonds is 6. The van der Waals surface area contributed by atoms with Crippen LogP contribution in [0.15, 0.2) is 18.2 Å². The van der Waals surface area contributed by atoms with Crippen molar-refractivity contribution in [3.63, 3.8) is 0 Å². The SMILES string of the molecule is CCCCOC(=O)C=Cc1ccc2c(c1O)C(=O)C1C(=O)[C@]3(O)C(=O)C(C(N)=O)C(=O)C[C@@H]3[C@@H](O)[C@@H]1[C@H]2C. The van der Waals surface area contributed by atoms with Crippen LogP contribution in [0.25, 0.3) is 6.08 Å². The lowest BCUT2D eigenvalue weighted by molar-refractivity contribution is -0.189. The van der Waals surface area contributed by atoms with Gasteiger partial charge in [0.05, 0.1) is 24.2 Å². The van der Waals surface area contributed by atoms with E-state index < -0.39 is 88.5 Å². The van der Waals surface area contributed by atoms with Crippen molar-refractivity contribution in [2.24, 2.45) is 29.4 Å². The molecule has 1 aromatic rings. The first-order chi connectivity index (χ1) is 17.9. The number of carbonyl (C=O) groups is 6. The molecule has 0 heterocycles. The van der Waals surface area contributed by atoms with E-state index in [1.54, 1.807) is 6.92 Å². The number of esters is 1. The minimum atomic E-state index is -2.98. The van der Waals surface area contributed by atoms with Gasteiger partial charge in [-0.2, -0.15) is 0 Å². The van der Waals surface area contributed by atoms with Gasteiger partial charge < -0.3 is 25.8 Å². The molecule has 2 fully saturated rings. The number of hydrogen-bond acceptors (Lipinski definition) is 10. The molecule has 0 aromatic heterocycles. The van der Waals surface area contributed by atoms with Crippen LogP contribution in [0.4, 0.5) is 0 Å². The molecule has 38 heavy (non-hydrogen) atoms. The molecule has 0 aliphatic heterocycles. The van der Waals surface area contributed by atoms with Gasteiger partial charge in [-0.1, -0.05) is 32.4 Å². The molecule has 0 radical (unpaired) electrons. The van der Waals surface area contributed by atoms with Crippen molar-refractivity contribution < 1.29 is 48.8 Å². The van der Waals surface area contributed by atoms with Crippen LogP contribution in [0, 0.1) is 23.7 Å². The number of fused-ring (bicyclic) bond motifs is 3. The number of phenols is 1. The highest BCUT2D eigenvalue weighted by Gasteiger charge is 2.69. The second-order valence-corrected chi connectivity index (χ2v) is 10.1. The van der Waals surface area contributed by atoms with E-state index in [0.29, 0.717) is 12.0 Å². The molecule has 11 nitrogen and oxygen atoms in total. The number of benzene rings is 1. The molecular formula is C27H29NO10. The Hall–Kier alpha value is -3.70. The van der Waals surface area contributed by atoms with Crippen LogP contribution in [0.1, 0.15) is 60.5 Å². The summed E-state index contributed by atoms with van der Waals surface area (Å²) in [7, 11) is 0. The standard InChI is InChI=1S/C27H29NO10/c1-3-4-9-38-16(30)8-6-12-5-7-13-11(2)17-20(23(33)18(13)21(12)31)25(35)27(37)14(22(17)32)10-15(29)19(24(27)34)26(28)36/h5-8,11,14,17,19-20,22,31-32,37H,3-4,9-10H2,1-2H3,(H2,28,36)/t11-,14+,17+,19?,20?,22+,27+/m0/s1. The van der Waals surface area contributed by atoms with E-state index in [-0.39, 0.29) is 17.7 Å². The number of carbonyl (C=O) groups excluding carboxylic acids is 6. The van der Waals surface area contributed by atoms with E-state index in [9.17, 15) is 44.1 Å². The van der Waals surface area contributed by atoms with Crippen molar-refractivity contribution in [2.45, 2.75) is 50.7 Å². The number of ether oxygens (including phenoxy) is 1. The van der Waals surface area contributed by atoms with Gasteiger partial charge >= 0.3 is 5.97 Å². The molecule has 11 heteroatoms. The summed E-state index contributed by atoms with van der Waals surface area (Å²) in [6, 6.07) is 2.99. The molecule has 1 amide bonds. The van der Waals surface area contributed by atoms with E-state index in [1.165, 1.54) is 18.2 Å². The Labute approximate surface area is 217 Å². The first-order valence-electron chi connectivity index (χ1n) is 12.4. The van der Waals surface area contributed by atoms with Gasteiger partial charge in [0.2, 0.25) is 5.91 Å². The molecule has 4 rings (SSSR count). The number of aromatic hydroxyl groups is 1. The predicted molar refractivity (Wildman–Crippen MR) is 130 cm³/mol. The largest absolute Gasteiger partial charge is 0.507 e. The number of nitrogens with two attached hydrogens (primary N) is 1. The fourth-order valence-electron chi connectivity index (χ4n) is 6.03. The van der Waals surface area contributed by atoms with Gasteiger partial charge in [0.1, 0.15) is 5.75 Å². The third-order valence-electron chi connectivity index (χ3n) is 8.03. The van der Waals surface area contributed by atoms with Crippen LogP contribution in [0.2, 0.25) is 0 Å². The van der Waals surface area contributed by atoms with Gasteiger partial charge in [0, 0.05) is 29.9 Å². The molecule has 5 N–H and O–H groups in total. The van der Waals surface area contributed by atoms with Gasteiger partial charge in [-0.3, -0.25) is 24.0 Å². The summed E-state index contributed by atoms with van der Waals surface area (Å²) in [5, 5.41) is 33.4. The summed E-state index contributed by atoms with van der Waals surface area (Å²) < 4.78 is 5.03. The van der Waals surface area contributed by atoms with Crippen molar-refractivity contribution >= 4 is 41.1 Å². The number of ketones is 4. The number of Topliss-reactive ketones (excluding diaryl/α,β-unsaturated/α-hetero) is 4. The fraction of sp³-hybridized carbons (Fsp3) is 0.481. The summed E-state index contributed by atoms with van der Waals surface area (Å²) in [4.78, 5) is 76.5. The molecule has 0 saturated heterocycles. The normalized spacial score (nSPS) is 32.5. The highest BCUT2D eigenvalue weighted by atomic mass is 16.5. The van der Waals surface area contributed by atoms with Gasteiger partial charge in [0.25, 0.3) is 0 Å². The average Bonchev–Trinajstić information content (AvgIpc) is 2.85. The molecule has 7 atom stereocenters. The minimum absolute atomic E-state index is 0.0868. The molecule has 0 bridgehead atoms. The molecule has 2 saturated carbocycles. The average molecular weight is 528 g/mol. The highest BCUT2D eigenvalue weighted by molar-refractivity contribution is 6.31. The number of phenolic OH excluding ortho intramolecular Hbond substituents is 1. The summed E-state index contributed by atoms with van der Waals surface area (Å²) >= 11 is 0. The smallest absolute Gasteiger partial charge is 0.330 e. The maximum Gasteiger partial charge on any atom is 0.330 e.